The molecule has 1 N–H and O–H groups in total. The first-order valence-corrected chi connectivity index (χ1v) is 7.64. The summed E-state index contributed by atoms with van der Waals surface area (Å²) in [5.74, 6) is 0.785. The molecule has 106 valence electrons. The summed E-state index contributed by atoms with van der Waals surface area (Å²) in [7, 11) is 0. The van der Waals surface area contributed by atoms with Gasteiger partial charge >= 0.3 is 0 Å². The summed E-state index contributed by atoms with van der Waals surface area (Å²) in [6, 6.07) is 0. The van der Waals surface area contributed by atoms with Gasteiger partial charge in [-0.25, -0.2) is 0 Å². The number of hydrogen-bond acceptors (Lipinski definition) is 3. The van der Waals surface area contributed by atoms with Crippen molar-refractivity contribution in [2.45, 2.75) is 58.7 Å². The molecule has 3 nitrogen and oxygen atoms in total. The van der Waals surface area contributed by atoms with Crippen LogP contribution < -0.4 is 0 Å². The van der Waals surface area contributed by atoms with Crippen LogP contribution in [0.25, 0.3) is 0 Å². The zero-order valence-electron chi connectivity index (χ0n) is 12.2. The van der Waals surface area contributed by atoms with Crippen molar-refractivity contribution in [1.29, 1.82) is 0 Å². The van der Waals surface area contributed by atoms with E-state index in [9.17, 15) is 5.11 Å². The van der Waals surface area contributed by atoms with Crippen molar-refractivity contribution in [2.75, 3.05) is 26.2 Å². The number of likely N-dealkylation sites (tertiary alicyclic amines) is 1. The lowest BCUT2D eigenvalue weighted by Gasteiger charge is -2.56. The minimum atomic E-state index is -0.125. The van der Waals surface area contributed by atoms with Gasteiger partial charge in [-0.2, -0.15) is 0 Å². The van der Waals surface area contributed by atoms with Crippen LogP contribution in [0, 0.1) is 11.3 Å². The van der Waals surface area contributed by atoms with Crippen LogP contribution in [0.2, 0.25) is 0 Å². The van der Waals surface area contributed by atoms with E-state index in [2.05, 4.69) is 25.7 Å². The fourth-order valence-corrected chi connectivity index (χ4v) is 3.54. The lowest BCUT2D eigenvalue weighted by molar-refractivity contribution is -0.209. The van der Waals surface area contributed by atoms with Crippen molar-refractivity contribution in [2.24, 2.45) is 11.3 Å². The van der Waals surface area contributed by atoms with E-state index < -0.39 is 0 Å². The monoisotopic (exact) mass is 255 g/mol. The molecule has 0 radical (unpaired) electrons. The number of rotatable bonds is 5. The van der Waals surface area contributed by atoms with Crippen LogP contribution >= 0.6 is 0 Å². The summed E-state index contributed by atoms with van der Waals surface area (Å²) < 4.78 is 5.80. The number of nitrogens with zero attached hydrogens (tertiary/aromatic N) is 1. The van der Waals surface area contributed by atoms with Crippen LogP contribution in [0.3, 0.4) is 0 Å². The first-order valence-electron chi connectivity index (χ1n) is 7.64. The highest BCUT2D eigenvalue weighted by molar-refractivity contribution is 5.06. The number of aliphatic hydroxyl groups is 1. The zero-order chi connectivity index (χ0) is 13.2. The molecule has 1 aliphatic heterocycles. The van der Waals surface area contributed by atoms with Crippen LogP contribution in [-0.2, 0) is 4.74 Å². The molecule has 1 spiro atoms. The molecule has 0 bridgehead atoms. The Bertz CT molecular complexity index is 259. The molecule has 18 heavy (non-hydrogen) atoms. The lowest BCUT2D eigenvalue weighted by Crippen LogP contribution is -2.62. The van der Waals surface area contributed by atoms with E-state index in [4.69, 9.17) is 4.74 Å². The van der Waals surface area contributed by atoms with E-state index in [1.807, 2.05) is 0 Å². The predicted octanol–water partition coefficient (Wildman–Crippen LogP) is 2.28. The molecular formula is C15H29NO2. The Morgan fingerprint density at radius 3 is 2.50 bits per heavy atom. The van der Waals surface area contributed by atoms with Gasteiger partial charge in [0.1, 0.15) is 0 Å². The first kappa shape index (κ1) is 14.3. The normalized spacial score (nSPS) is 33.3. The Balaban J connectivity index is 1.85. The third-order valence-electron chi connectivity index (χ3n) is 5.16. The summed E-state index contributed by atoms with van der Waals surface area (Å²) in [5, 5.41) is 10.1. The molecule has 3 unspecified atom stereocenters. The maximum Gasteiger partial charge on any atom is 0.0681 e. The summed E-state index contributed by atoms with van der Waals surface area (Å²) in [6.07, 6.45) is 4.50. The summed E-state index contributed by atoms with van der Waals surface area (Å²) in [5.41, 5.74) is 0.0853. The van der Waals surface area contributed by atoms with Crippen molar-refractivity contribution in [3.8, 4) is 0 Å². The van der Waals surface area contributed by atoms with Crippen LogP contribution in [-0.4, -0.2) is 48.5 Å². The molecule has 2 fully saturated rings. The predicted molar refractivity (Wildman–Crippen MR) is 73.6 cm³/mol. The fraction of sp³-hybridized carbons (Fsp3) is 1.00. The molecule has 2 aliphatic rings. The third kappa shape index (κ3) is 2.59. The Kier molecular flexibility index (Phi) is 4.68. The Hall–Kier alpha value is -0.120. The minimum Gasteiger partial charge on any atom is -0.392 e. The third-order valence-corrected chi connectivity index (χ3v) is 5.16. The highest BCUT2D eigenvalue weighted by Crippen LogP contribution is 2.50. The second-order valence-electron chi connectivity index (χ2n) is 6.24. The highest BCUT2D eigenvalue weighted by Gasteiger charge is 2.55. The van der Waals surface area contributed by atoms with Gasteiger partial charge in [-0.15, -0.1) is 0 Å². The maximum atomic E-state index is 10.1. The van der Waals surface area contributed by atoms with Gasteiger partial charge in [0.2, 0.25) is 0 Å². The standard InChI is InChI=1S/C15H29NO2/c1-4-12(3)11-16-8-6-15(7-9-16)13(17)10-14(15)18-5-2/h12-14,17H,4-11H2,1-3H3. The van der Waals surface area contributed by atoms with Gasteiger partial charge in [-0.3, -0.25) is 0 Å². The smallest absolute Gasteiger partial charge is 0.0681 e. The van der Waals surface area contributed by atoms with E-state index in [1.165, 1.54) is 13.0 Å². The number of piperidine rings is 1. The van der Waals surface area contributed by atoms with E-state index in [1.54, 1.807) is 0 Å². The van der Waals surface area contributed by atoms with Crippen molar-refractivity contribution >= 4 is 0 Å². The van der Waals surface area contributed by atoms with Gasteiger partial charge in [0, 0.05) is 25.0 Å². The van der Waals surface area contributed by atoms with Gasteiger partial charge in [-0.1, -0.05) is 20.3 Å². The van der Waals surface area contributed by atoms with Crippen LogP contribution in [0.5, 0.6) is 0 Å². The molecule has 1 saturated carbocycles. The quantitative estimate of drug-likeness (QED) is 0.818. The zero-order valence-corrected chi connectivity index (χ0v) is 12.2. The van der Waals surface area contributed by atoms with Gasteiger partial charge in [0.05, 0.1) is 12.2 Å². The number of hydrogen-bond donors (Lipinski definition) is 1. The van der Waals surface area contributed by atoms with Gasteiger partial charge in [0.25, 0.3) is 0 Å². The van der Waals surface area contributed by atoms with Crippen LogP contribution in [0.4, 0.5) is 0 Å². The SMILES string of the molecule is CCOC1CC(O)C12CCN(CC(C)CC)CC2. The van der Waals surface area contributed by atoms with E-state index >= 15 is 0 Å². The summed E-state index contributed by atoms with van der Waals surface area (Å²) in [4.78, 5) is 2.56. The molecule has 1 heterocycles. The maximum absolute atomic E-state index is 10.1. The summed E-state index contributed by atoms with van der Waals surface area (Å²) in [6.45, 7) is 10.9. The Morgan fingerprint density at radius 1 is 1.33 bits per heavy atom. The van der Waals surface area contributed by atoms with Crippen LogP contribution in [0.15, 0.2) is 0 Å². The molecule has 3 heteroatoms. The molecule has 1 saturated heterocycles. The van der Waals surface area contributed by atoms with Crippen molar-refractivity contribution in [1.82, 2.24) is 4.90 Å². The molecule has 0 amide bonds. The Morgan fingerprint density at radius 2 is 2.00 bits per heavy atom. The second kappa shape index (κ2) is 5.89. The average molecular weight is 255 g/mol. The van der Waals surface area contributed by atoms with Gasteiger partial charge in [-0.05, 0) is 38.8 Å². The van der Waals surface area contributed by atoms with Gasteiger partial charge < -0.3 is 14.7 Å². The number of ether oxygens (including phenoxy) is 1. The number of aliphatic hydroxyl groups excluding tert-OH is 1. The topological polar surface area (TPSA) is 32.7 Å². The van der Waals surface area contributed by atoms with Crippen molar-refractivity contribution < 1.29 is 9.84 Å². The average Bonchev–Trinajstić information content (AvgIpc) is 2.39. The van der Waals surface area contributed by atoms with Gasteiger partial charge in [0.15, 0.2) is 0 Å². The largest absolute Gasteiger partial charge is 0.392 e. The van der Waals surface area contributed by atoms with Crippen LogP contribution in [0.1, 0.15) is 46.5 Å². The molecule has 2 rings (SSSR count). The molecule has 0 aromatic rings. The van der Waals surface area contributed by atoms with E-state index in [-0.39, 0.29) is 11.5 Å². The first-order chi connectivity index (χ1) is 8.62. The van der Waals surface area contributed by atoms with E-state index in [0.29, 0.717) is 6.10 Å². The molecule has 1 aliphatic carbocycles. The minimum absolute atomic E-state index is 0.0853. The molecular weight excluding hydrogens is 226 g/mol. The molecule has 3 atom stereocenters. The summed E-state index contributed by atoms with van der Waals surface area (Å²) >= 11 is 0. The van der Waals surface area contributed by atoms with E-state index in [0.717, 1.165) is 44.9 Å². The Labute approximate surface area is 112 Å². The van der Waals surface area contributed by atoms with Crippen molar-refractivity contribution in [3.63, 3.8) is 0 Å². The highest BCUT2D eigenvalue weighted by atomic mass is 16.5. The second-order valence-corrected chi connectivity index (χ2v) is 6.24. The lowest BCUT2D eigenvalue weighted by atomic mass is 9.58. The fourth-order valence-electron chi connectivity index (χ4n) is 3.54. The molecule has 0 aromatic carbocycles. The van der Waals surface area contributed by atoms with Crippen molar-refractivity contribution in [3.05, 3.63) is 0 Å². The molecule has 0 aromatic heterocycles.